The topological polar surface area (TPSA) is 45.9 Å². The molecule has 0 unspecified atom stereocenters. The smallest absolute Gasteiger partial charge is 0.336 e. The maximum absolute atomic E-state index is 11.9. The van der Waals surface area contributed by atoms with E-state index >= 15 is 0 Å². The van der Waals surface area contributed by atoms with E-state index in [4.69, 9.17) is 9.15 Å². The van der Waals surface area contributed by atoms with Gasteiger partial charge in [-0.15, -0.1) is 0 Å². The maximum atomic E-state index is 11.9. The van der Waals surface area contributed by atoms with Gasteiger partial charge in [0.05, 0.1) is 0 Å². The molecule has 0 aliphatic carbocycles. The van der Waals surface area contributed by atoms with Crippen LogP contribution in [0.25, 0.3) is 11.0 Å². The largest absolute Gasteiger partial charge is 0.423 e. The van der Waals surface area contributed by atoms with Gasteiger partial charge in [0.25, 0.3) is 0 Å². The van der Waals surface area contributed by atoms with Crippen molar-refractivity contribution in [2.45, 2.75) is 26.3 Å². The zero-order valence-electron chi connectivity index (χ0n) is 15.3. The molecule has 0 saturated carbocycles. The quantitative estimate of drug-likeness (QED) is 0.570. The third-order valence-corrected chi connectivity index (χ3v) is 4.98. The Kier molecular flexibility index (Phi) is 6.24. The van der Waals surface area contributed by atoms with Crippen molar-refractivity contribution < 1.29 is 9.15 Å². The molecule has 1 aliphatic heterocycles. The van der Waals surface area contributed by atoms with Crippen LogP contribution in [0.2, 0.25) is 0 Å². The number of hydrogen-bond acceptors (Lipinski definition) is 5. The van der Waals surface area contributed by atoms with Crippen molar-refractivity contribution in [3.05, 3.63) is 45.8 Å². The van der Waals surface area contributed by atoms with Gasteiger partial charge in [0.2, 0.25) is 0 Å². The molecule has 2 heterocycles. The second-order valence-corrected chi connectivity index (χ2v) is 6.74. The highest BCUT2D eigenvalue weighted by Gasteiger charge is 2.18. The molecular formula is C20H28N2O3. The number of aryl methyl sites for hydroxylation is 1. The van der Waals surface area contributed by atoms with Crippen LogP contribution in [0.4, 0.5) is 0 Å². The summed E-state index contributed by atoms with van der Waals surface area (Å²) < 4.78 is 10.5. The van der Waals surface area contributed by atoms with Gasteiger partial charge < -0.3 is 14.1 Å². The fourth-order valence-electron chi connectivity index (χ4n) is 3.47. The van der Waals surface area contributed by atoms with Crippen LogP contribution < -0.4 is 5.63 Å². The number of ether oxygens (including phenoxy) is 1. The Labute approximate surface area is 149 Å². The molecule has 136 valence electrons. The number of methoxy groups -OCH3 is 1. The lowest BCUT2D eigenvalue weighted by molar-refractivity contribution is 0.113. The average Bonchev–Trinajstić information content (AvgIpc) is 2.63. The minimum absolute atomic E-state index is 0.259. The van der Waals surface area contributed by atoms with Crippen LogP contribution in [0.1, 0.15) is 24.5 Å². The second-order valence-electron chi connectivity index (χ2n) is 6.74. The summed E-state index contributed by atoms with van der Waals surface area (Å²) in [6.07, 6.45) is 2.06. The van der Waals surface area contributed by atoms with Crippen LogP contribution in [0.5, 0.6) is 0 Å². The van der Waals surface area contributed by atoms with E-state index in [1.54, 1.807) is 13.2 Å². The lowest BCUT2D eigenvalue weighted by atomic mass is 10.0. The van der Waals surface area contributed by atoms with Crippen molar-refractivity contribution in [1.29, 1.82) is 0 Å². The molecule has 5 nitrogen and oxygen atoms in total. The van der Waals surface area contributed by atoms with Crippen LogP contribution in [-0.4, -0.2) is 56.2 Å². The Balaban J connectivity index is 1.68. The predicted octanol–water partition coefficient (Wildman–Crippen LogP) is 2.51. The van der Waals surface area contributed by atoms with E-state index in [-0.39, 0.29) is 5.63 Å². The number of hydrogen-bond donors (Lipinski definition) is 0. The first-order valence-corrected chi connectivity index (χ1v) is 9.19. The molecule has 1 aromatic carbocycles. The maximum Gasteiger partial charge on any atom is 0.336 e. The molecular weight excluding hydrogens is 316 g/mol. The molecule has 0 N–H and O–H groups in total. The van der Waals surface area contributed by atoms with Gasteiger partial charge >= 0.3 is 5.63 Å². The van der Waals surface area contributed by atoms with E-state index in [2.05, 4.69) is 22.8 Å². The van der Waals surface area contributed by atoms with Crippen LogP contribution in [-0.2, 0) is 17.7 Å². The molecule has 0 atom stereocenters. The molecule has 0 bridgehead atoms. The lowest BCUT2D eigenvalue weighted by Crippen LogP contribution is -2.46. The van der Waals surface area contributed by atoms with Crippen molar-refractivity contribution in [1.82, 2.24) is 9.80 Å². The Bertz CT molecular complexity index is 748. The van der Waals surface area contributed by atoms with Crippen molar-refractivity contribution in [3.63, 3.8) is 0 Å². The Morgan fingerprint density at radius 1 is 1.12 bits per heavy atom. The summed E-state index contributed by atoms with van der Waals surface area (Å²) in [5, 5.41) is 1.07. The molecule has 1 saturated heterocycles. The monoisotopic (exact) mass is 344 g/mol. The number of nitrogens with zero attached hydrogens (tertiary/aromatic N) is 2. The Morgan fingerprint density at radius 3 is 2.60 bits per heavy atom. The van der Waals surface area contributed by atoms with Gasteiger partial charge in [0.15, 0.2) is 0 Å². The molecule has 0 spiro atoms. The van der Waals surface area contributed by atoms with E-state index < -0.39 is 0 Å². The number of fused-ring (bicyclic) bond motifs is 1. The molecule has 0 radical (unpaired) electrons. The van der Waals surface area contributed by atoms with Crippen LogP contribution in [0, 0.1) is 0 Å². The Morgan fingerprint density at radius 2 is 1.88 bits per heavy atom. The van der Waals surface area contributed by atoms with Crippen molar-refractivity contribution in [3.8, 4) is 0 Å². The summed E-state index contributed by atoms with van der Waals surface area (Å²) in [7, 11) is 1.75. The lowest BCUT2D eigenvalue weighted by Gasteiger charge is -2.34. The van der Waals surface area contributed by atoms with Gasteiger partial charge in [-0.3, -0.25) is 4.90 Å². The molecule has 1 fully saturated rings. The highest BCUT2D eigenvalue weighted by atomic mass is 16.5. The normalized spacial score (nSPS) is 16.6. The van der Waals surface area contributed by atoms with Gasteiger partial charge in [-0.25, -0.2) is 4.79 Å². The van der Waals surface area contributed by atoms with Crippen molar-refractivity contribution >= 4 is 11.0 Å². The van der Waals surface area contributed by atoms with Gasteiger partial charge in [0, 0.05) is 64.4 Å². The summed E-state index contributed by atoms with van der Waals surface area (Å²) in [5.41, 5.74) is 2.78. The summed E-state index contributed by atoms with van der Waals surface area (Å²) in [5.74, 6) is 0. The zero-order valence-corrected chi connectivity index (χ0v) is 15.3. The predicted molar refractivity (Wildman–Crippen MR) is 100 cm³/mol. The third-order valence-electron chi connectivity index (χ3n) is 4.98. The first kappa shape index (κ1) is 18.1. The molecule has 5 heteroatoms. The number of rotatable bonds is 7. The number of piperazine rings is 1. The fraction of sp³-hybridized carbons (Fsp3) is 0.550. The van der Waals surface area contributed by atoms with Crippen molar-refractivity contribution in [2.24, 2.45) is 0 Å². The van der Waals surface area contributed by atoms with Crippen molar-refractivity contribution in [2.75, 3.05) is 46.4 Å². The Hall–Kier alpha value is -1.69. The van der Waals surface area contributed by atoms with E-state index in [1.807, 2.05) is 12.1 Å². The summed E-state index contributed by atoms with van der Waals surface area (Å²) in [6, 6.07) is 7.78. The van der Waals surface area contributed by atoms with Gasteiger partial charge in [-0.05, 0) is 36.1 Å². The first-order valence-electron chi connectivity index (χ1n) is 9.19. The molecule has 1 aromatic heterocycles. The number of benzene rings is 1. The van der Waals surface area contributed by atoms with Gasteiger partial charge in [0.1, 0.15) is 5.58 Å². The average molecular weight is 344 g/mol. The van der Waals surface area contributed by atoms with Crippen LogP contribution >= 0.6 is 0 Å². The van der Waals surface area contributed by atoms with E-state index in [0.717, 1.165) is 69.7 Å². The zero-order chi connectivity index (χ0) is 17.6. The highest BCUT2D eigenvalue weighted by Crippen LogP contribution is 2.21. The molecule has 0 amide bonds. The summed E-state index contributed by atoms with van der Waals surface area (Å²) in [4.78, 5) is 16.8. The minimum Gasteiger partial charge on any atom is -0.423 e. The van der Waals surface area contributed by atoms with E-state index in [0.29, 0.717) is 5.58 Å². The fourth-order valence-corrected chi connectivity index (χ4v) is 3.47. The van der Waals surface area contributed by atoms with Gasteiger partial charge in [-0.1, -0.05) is 13.0 Å². The van der Waals surface area contributed by atoms with Crippen LogP contribution in [0.15, 0.2) is 33.5 Å². The molecule has 1 aliphatic rings. The second kappa shape index (κ2) is 8.61. The minimum atomic E-state index is -0.259. The van der Waals surface area contributed by atoms with E-state index in [9.17, 15) is 4.79 Å². The molecule has 2 aromatic rings. The SMILES string of the molecule is CCc1ccc2oc(=O)cc(CN3CCN(CCCOC)CC3)c2c1. The summed E-state index contributed by atoms with van der Waals surface area (Å²) in [6.45, 7) is 9.08. The highest BCUT2D eigenvalue weighted by molar-refractivity contribution is 5.80. The third kappa shape index (κ3) is 4.69. The standard InChI is InChI=1S/C20H28N2O3/c1-3-16-5-6-19-18(13-16)17(14-20(23)25-19)15-22-10-8-21(9-11-22)7-4-12-24-2/h5-6,13-14H,3-4,7-12,15H2,1-2H3. The summed E-state index contributed by atoms with van der Waals surface area (Å²) >= 11 is 0. The van der Waals surface area contributed by atoms with E-state index in [1.165, 1.54) is 5.56 Å². The van der Waals surface area contributed by atoms with Gasteiger partial charge in [-0.2, -0.15) is 0 Å². The molecule has 25 heavy (non-hydrogen) atoms. The molecule has 3 rings (SSSR count). The first-order chi connectivity index (χ1) is 12.2. The van der Waals surface area contributed by atoms with Crippen LogP contribution in [0.3, 0.4) is 0 Å².